The summed E-state index contributed by atoms with van der Waals surface area (Å²) in [7, 11) is 0. The highest BCUT2D eigenvalue weighted by Gasteiger charge is 2.30. The molecule has 12 heteroatoms. The van der Waals surface area contributed by atoms with Crippen molar-refractivity contribution in [2.75, 3.05) is 47.0 Å². The van der Waals surface area contributed by atoms with Gasteiger partial charge in [-0.15, -0.1) is 0 Å². The first-order valence-electron chi connectivity index (χ1n) is 10.6. The van der Waals surface area contributed by atoms with E-state index < -0.39 is 17.7 Å². The van der Waals surface area contributed by atoms with Crippen molar-refractivity contribution >= 4 is 34.7 Å². The average molecular weight is 485 g/mol. The zero-order valence-electron chi connectivity index (χ0n) is 18.5. The second kappa shape index (κ2) is 9.49. The molecule has 4 N–H and O–H groups in total. The Balaban J connectivity index is 1.37. The molecule has 0 unspecified atom stereocenters. The van der Waals surface area contributed by atoms with Crippen LogP contribution in [-0.4, -0.2) is 52.2 Å². The van der Waals surface area contributed by atoms with E-state index in [2.05, 4.69) is 31.7 Å². The monoisotopic (exact) mass is 485 g/mol. The molecule has 2 aromatic heterocycles. The maximum atomic E-state index is 12.8. The molecular formula is C23H22F3N7O2. The Hall–Kier alpha value is -4.35. The van der Waals surface area contributed by atoms with Crippen LogP contribution in [0.2, 0.25) is 0 Å². The Morgan fingerprint density at radius 1 is 1.03 bits per heavy atom. The van der Waals surface area contributed by atoms with Gasteiger partial charge < -0.3 is 26.0 Å². The van der Waals surface area contributed by atoms with Gasteiger partial charge in [0.05, 0.1) is 16.9 Å². The summed E-state index contributed by atoms with van der Waals surface area (Å²) in [5.41, 5.74) is 6.34. The molecule has 1 aliphatic rings. The molecule has 9 nitrogen and oxygen atoms in total. The Morgan fingerprint density at radius 3 is 2.29 bits per heavy atom. The number of aromatic carboxylic acids is 1. The van der Waals surface area contributed by atoms with Gasteiger partial charge in [-0.25, -0.2) is 19.7 Å². The van der Waals surface area contributed by atoms with Crippen LogP contribution < -0.4 is 20.9 Å². The van der Waals surface area contributed by atoms with E-state index in [4.69, 9.17) is 10.8 Å². The number of benzene rings is 1. The molecule has 0 atom stereocenters. The minimum absolute atomic E-state index is 0.0393. The lowest BCUT2D eigenvalue weighted by Crippen LogP contribution is -2.47. The minimum atomic E-state index is -4.47. The van der Waals surface area contributed by atoms with E-state index in [1.165, 1.54) is 12.3 Å². The van der Waals surface area contributed by atoms with E-state index >= 15 is 0 Å². The van der Waals surface area contributed by atoms with Crippen molar-refractivity contribution in [2.45, 2.75) is 6.18 Å². The normalized spacial score (nSPS) is 14.0. The van der Waals surface area contributed by atoms with Crippen LogP contribution in [0.4, 0.5) is 36.2 Å². The predicted molar refractivity (Wildman–Crippen MR) is 126 cm³/mol. The smallest absolute Gasteiger partial charge is 0.416 e. The van der Waals surface area contributed by atoms with Crippen molar-refractivity contribution < 1.29 is 23.1 Å². The fourth-order valence-corrected chi connectivity index (χ4v) is 3.63. The van der Waals surface area contributed by atoms with Gasteiger partial charge in [-0.3, -0.25) is 0 Å². The lowest BCUT2D eigenvalue weighted by Gasteiger charge is -2.36. The minimum Gasteiger partial charge on any atom is -0.475 e. The molecule has 1 fully saturated rings. The number of hydrogen-bond donors (Lipinski definition) is 3. The van der Waals surface area contributed by atoms with Crippen LogP contribution >= 0.6 is 0 Å². The maximum Gasteiger partial charge on any atom is 0.416 e. The van der Waals surface area contributed by atoms with Gasteiger partial charge in [0, 0.05) is 49.8 Å². The predicted octanol–water partition coefficient (Wildman–Crippen LogP) is 3.58. The highest BCUT2D eigenvalue weighted by atomic mass is 19.4. The lowest BCUT2D eigenvalue weighted by atomic mass is 10.1. The number of nitrogens with two attached hydrogens (primary N) is 1. The Kier molecular flexibility index (Phi) is 6.45. The molecule has 3 aromatic rings. The van der Waals surface area contributed by atoms with Crippen molar-refractivity contribution in [3.63, 3.8) is 0 Å². The Bertz CT molecular complexity index is 1240. The zero-order chi connectivity index (χ0) is 25.2. The number of alkyl halides is 3. The molecule has 3 heterocycles. The molecule has 0 aliphatic carbocycles. The molecule has 0 bridgehead atoms. The number of aromatic nitrogens is 3. The Labute approximate surface area is 198 Å². The largest absolute Gasteiger partial charge is 0.475 e. The molecule has 0 saturated carbocycles. The Morgan fingerprint density at radius 2 is 1.71 bits per heavy atom. The molecule has 1 saturated heterocycles. The number of halogens is 3. The third-order valence-electron chi connectivity index (χ3n) is 5.52. The zero-order valence-corrected chi connectivity index (χ0v) is 18.5. The standard InChI is InChI=1S/C23H22F3N7O2/c1-14(30-18-4-3-16(12-17(18)27)23(24,25)26)15-2-5-19(29-13-15)32-8-10-33(11-9-32)20-6-7-28-21(31-20)22(34)35/h2-7,12-13,30H,1,8-11,27H2,(H,34,35). The van der Waals surface area contributed by atoms with E-state index in [1.807, 2.05) is 17.0 Å². The summed E-state index contributed by atoms with van der Waals surface area (Å²) in [6, 6.07) is 8.42. The summed E-state index contributed by atoms with van der Waals surface area (Å²) >= 11 is 0. The quantitative estimate of drug-likeness (QED) is 0.450. The number of anilines is 4. The van der Waals surface area contributed by atoms with Gasteiger partial charge in [-0.05, 0) is 36.4 Å². The molecule has 1 aromatic carbocycles. The summed E-state index contributed by atoms with van der Waals surface area (Å²) in [6.07, 6.45) is -1.41. The van der Waals surface area contributed by atoms with Crippen LogP contribution in [-0.2, 0) is 6.18 Å². The number of carbonyl (C=O) groups is 1. The number of carboxylic acid groups (broad SMARTS) is 1. The van der Waals surface area contributed by atoms with E-state index in [0.717, 1.165) is 18.0 Å². The molecule has 1 aliphatic heterocycles. The number of carboxylic acids is 1. The van der Waals surface area contributed by atoms with Gasteiger partial charge in [0.1, 0.15) is 11.6 Å². The summed E-state index contributed by atoms with van der Waals surface area (Å²) in [4.78, 5) is 27.5. The van der Waals surface area contributed by atoms with Crippen molar-refractivity contribution in [2.24, 2.45) is 0 Å². The first-order valence-corrected chi connectivity index (χ1v) is 10.6. The van der Waals surface area contributed by atoms with Gasteiger partial charge in [-0.2, -0.15) is 13.2 Å². The lowest BCUT2D eigenvalue weighted by molar-refractivity contribution is -0.137. The van der Waals surface area contributed by atoms with E-state index in [1.54, 1.807) is 12.3 Å². The van der Waals surface area contributed by atoms with Crippen LogP contribution in [0.3, 0.4) is 0 Å². The molecule has 0 radical (unpaired) electrons. The van der Waals surface area contributed by atoms with Crippen LogP contribution in [0.1, 0.15) is 21.7 Å². The number of nitrogen functional groups attached to an aromatic ring is 1. The highest BCUT2D eigenvalue weighted by Crippen LogP contribution is 2.33. The molecule has 0 spiro atoms. The van der Waals surface area contributed by atoms with Crippen LogP contribution in [0.25, 0.3) is 5.70 Å². The first kappa shape index (κ1) is 23.8. The molecular weight excluding hydrogens is 463 g/mol. The summed E-state index contributed by atoms with van der Waals surface area (Å²) in [6.45, 7) is 6.49. The van der Waals surface area contributed by atoms with Crippen molar-refractivity contribution in [1.29, 1.82) is 0 Å². The third kappa shape index (κ3) is 5.42. The van der Waals surface area contributed by atoms with Crippen LogP contribution in [0.15, 0.2) is 55.4 Å². The van der Waals surface area contributed by atoms with Gasteiger partial charge in [0.2, 0.25) is 5.82 Å². The number of hydrogen-bond acceptors (Lipinski definition) is 8. The summed E-state index contributed by atoms with van der Waals surface area (Å²) in [5.74, 6) is -0.102. The highest BCUT2D eigenvalue weighted by molar-refractivity contribution is 5.83. The second-order valence-corrected chi connectivity index (χ2v) is 7.83. The van der Waals surface area contributed by atoms with E-state index in [-0.39, 0.29) is 11.5 Å². The van der Waals surface area contributed by atoms with Crippen molar-refractivity contribution in [3.05, 3.63) is 72.3 Å². The number of nitrogens with zero attached hydrogens (tertiary/aromatic N) is 5. The third-order valence-corrected chi connectivity index (χ3v) is 5.52. The topological polar surface area (TPSA) is 121 Å². The van der Waals surface area contributed by atoms with Crippen molar-refractivity contribution in [1.82, 2.24) is 15.0 Å². The summed E-state index contributed by atoms with van der Waals surface area (Å²) < 4.78 is 38.5. The van der Waals surface area contributed by atoms with Crippen molar-refractivity contribution in [3.8, 4) is 0 Å². The van der Waals surface area contributed by atoms with Gasteiger partial charge in [0.25, 0.3) is 0 Å². The number of piperazine rings is 1. The fourth-order valence-electron chi connectivity index (χ4n) is 3.63. The van der Waals surface area contributed by atoms with Gasteiger partial charge in [-0.1, -0.05) is 6.58 Å². The maximum absolute atomic E-state index is 12.8. The van der Waals surface area contributed by atoms with E-state index in [0.29, 0.717) is 48.9 Å². The molecule has 0 amide bonds. The SMILES string of the molecule is C=C(Nc1ccc(C(F)(F)F)cc1N)c1ccc(N2CCN(c3ccnc(C(=O)O)n3)CC2)nc1. The van der Waals surface area contributed by atoms with Gasteiger partial charge >= 0.3 is 12.1 Å². The van der Waals surface area contributed by atoms with Crippen LogP contribution in [0.5, 0.6) is 0 Å². The fraction of sp³-hybridized carbons (Fsp3) is 0.217. The molecule has 4 rings (SSSR count). The van der Waals surface area contributed by atoms with E-state index in [9.17, 15) is 18.0 Å². The first-order chi connectivity index (χ1) is 16.6. The molecule has 182 valence electrons. The van der Waals surface area contributed by atoms with Crippen LogP contribution in [0, 0.1) is 0 Å². The number of rotatable bonds is 6. The number of pyridine rings is 1. The number of nitrogens with one attached hydrogen (secondary N) is 1. The second-order valence-electron chi connectivity index (χ2n) is 7.83. The average Bonchev–Trinajstić information content (AvgIpc) is 2.85. The molecule has 35 heavy (non-hydrogen) atoms. The van der Waals surface area contributed by atoms with Gasteiger partial charge in [0.15, 0.2) is 0 Å². The summed E-state index contributed by atoms with van der Waals surface area (Å²) in [5, 5.41) is 12.0.